The molecule has 1 heterocycles. The van der Waals surface area contributed by atoms with E-state index < -0.39 is 10.0 Å². The number of hydrogen-bond donors (Lipinski definition) is 2. The first-order chi connectivity index (χ1) is 12.3. The van der Waals surface area contributed by atoms with Crippen molar-refractivity contribution in [3.63, 3.8) is 0 Å². The first kappa shape index (κ1) is 20.4. The zero-order chi connectivity index (χ0) is 19.2. The molecule has 26 heavy (non-hydrogen) atoms. The van der Waals surface area contributed by atoms with Crippen molar-refractivity contribution >= 4 is 26.8 Å². The Morgan fingerprint density at radius 2 is 1.88 bits per heavy atom. The molecule has 0 aliphatic rings. The van der Waals surface area contributed by atoms with E-state index in [4.69, 9.17) is 0 Å². The number of rotatable bonds is 10. The predicted octanol–water partition coefficient (Wildman–Crippen LogP) is 1.04. The number of benzene rings is 1. The Hall–Kier alpha value is -1.90. The second-order valence-corrected chi connectivity index (χ2v) is 8.69. The second kappa shape index (κ2) is 9.16. The molecule has 0 spiro atoms. The van der Waals surface area contributed by atoms with Crippen LogP contribution in [0, 0.1) is 0 Å². The highest BCUT2D eigenvalue weighted by atomic mass is 32.2. The minimum Gasteiger partial charge on any atom is -0.361 e. The minimum atomic E-state index is -3.28. The highest BCUT2D eigenvalue weighted by molar-refractivity contribution is 7.88. The fourth-order valence-corrected chi connectivity index (χ4v) is 3.72. The van der Waals surface area contributed by atoms with Crippen LogP contribution in [0.25, 0.3) is 10.9 Å². The van der Waals surface area contributed by atoms with E-state index in [1.165, 1.54) is 10.6 Å². The molecule has 0 aliphatic heterocycles. The van der Waals surface area contributed by atoms with Crippen LogP contribution in [0.4, 0.5) is 0 Å². The molecule has 0 aliphatic carbocycles. The van der Waals surface area contributed by atoms with Gasteiger partial charge >= 0.3 is 0 Å². The summed E-state index contributed by atoms with van der Waals surface area (Å²) >= 11 is 0. The fraction of sp³-hybridized carbons (Fsp3) is 0.500. The van der Waals surface area contributed by atoms with Crippen LogP contribution in [0.5, 0.6) is 0 Å². The van der Waals surface area contributed by atoms with Crippen LogP contribution in [0.2, 0.25) is 0 Å². The lowest BCUT2D eigenvalue weighted by atomic mass is 10.1. The van der Waals surface area contributed by atoms with Gasteiger partial charge in [0.25, 0.3) is 0 Å². The zero-order valence-corrected chi connectivity index (χ0v) is 16.5. The molecule has 2 N–H and O–H groups in total. The summed E-state index contributed by atoms with van der Waals surface area (Å²) in [5, 5.41) is 3.85. The van der Waals surface area contributed by atoms with Crippen molar-refractivity contribution in [2.45, 2.75) is 12.8 Å². The van der Waals surface area contributed by atoms with E-state index in [0.717, 1.165) is 29.4 Å². The van der Waals surface area contributed by atoms with Crippen molar-refractivity contribution in [1.29, 1.82) is 0 Å². The number of aromatic amines is 1. The van der Waals surface area contributed by atoms with E-state index in [1.807, 2.05) is 49.5 Å². The number of nitrogens with one attached hydrogen (secondary N) is 2. The van der Waals surface area contributed by atoms with Gasteiger partial charge in [0.2, 0.25) is 15.9 Å². The largest absolute Gasteiger partial charge is 0.361 e. The van der Waals surface area contributed by atoms with Crippen molar-refractivity contribution in [2.24, 2.45) is 0 Å². The van der Waals surface area contributed by atoms with Gasteiger partial charge in [0.05, 0.1) is 12.7 Å². The van der Waals surface area contributed by atoms with Crippen molar-refractivity contribution in [2.75, 3.05) is 46.5 Å². The monoisotopic (exact) mass is 380 g/mol. The maximum atomic E-state index is 12.2. The van der Waals surface area contributed by atoms with Gasteiger partial charge in [-0.1, -0.05) is 18.2 Å². The van der Waals surface area contributed by atoms with Crippen LogP contribution in [-0.4, -0.2) is 75.0 Å². The highest BCUT2D eigenvalue weighted by Gasteiger charge is 2.16. The van der Waals surface area contributed by atoms with E-state index >= 15 is 0 Å². The number of amides is 1. The molecule has 8 heteroatoms. The average molecular weight is 381 g/mol. The van der Waals surface area contributed by atoms with Crippen LogP contribution in [0.15, 0.2) is 30.5 Å². The van der Waals surface area contributed by atoms with Gasteiger partial charge in [-0.25, -0.2) is 12.7 Å². The standard InChI is InChI=1S/C18H28N4O3S/c1-21(2)10-6-11-22(26(3,24)25)12-9-19-18(23)13-15-14-20-17-8-5-4-7-16(15)17/h4-5,7-8,14,20H,6,9-13H2,1-3H3,(H,19,23). The van der Waals surface area contributed by atoms with E-state index in [2.05, 4.69) is 10.3 Å². The van der Waals surface area contributed by atoms with Crippen molar-refractivity contribution in [3.05, 3.63) is 36.0 Å². The third kappa shape index (κ3) is 6.12. The first-order valence-electron chi connectivity index (χ1n) is 8.69. The average Bonchev–Trinajstić information content (AvgIpc) is 2.95. The Morgan fingerprint density at radius 3 is 2.58 bits per heavy atom. The third-order valence-corrected chi connectivity index (χ3v) is 5.49. The SMILES string of the molecule is CN(C)CCCN(CCNC(=O)Cc1c[nH]c2ccccc12)S(C)(=O)=O. The molecule has 1 aromatic carbocycles. The fourth-order valence-electron chi connectivity index (χ4n) is 2.84. The Kier molecular flexibility index (Phi) is 7.19. The topological polar surface area (TPSA) is 85.5 Å². The third-order valence-electron chi connectivity index (χ3n) is 4.19. The Morgan fingerprint density at radius 1 is 1.15 bits per heavy atom. The number of sulfonamides is 1. The first-order valence-corrected chi connectivity index (χ1v) is 10.5. The highest BCUT2D eigenvalue weighted by Crippen LogP contribution is 2.17. The number of H-pyrrole nitrogens is 1. The maximum Gasteiger partial charge on any atom is 0.224 e. The summed E-state index contributed by atoms with van der Waals surface area (Å²) in [7, 11) is 0.627. The van der Waals surface area contributed by atoms with E-state index in [-0.39, 0.29) is 18.9 Å². The van der Waals surface area contributed by atoms with Gasteiger partial charge in [-0.2, -0.15) is 0 Å². The molecule has 0 radical (unpaired) electrons. The molecular weight excluding hydrogens is 352 g/mol. The molecular formula is C18H28N4O3S. The normalized spacial score (nSPS) is 12.2. The number of carbonyl (C=O) groups excluding carboxylic acids is 1. The van der Waals surface area contributed by atoms with E-state index in [0.29, 0.717) is 13.1 Å². The Bertz CT molecular complexity index is 830. The molecule has 0 unspecified atom stereocenters. The number of hydrogen-bond acceptors (Lipinski definition) is 4. The molecule has 0 fully saturated rings. The summed E-state index contributed by atoms with van der Waals surface area (Å²) < 4.78 is 25.2. The van der Waals surface area contributed by atoms with Crippen molar-refractivity contribution < 1.29 is 13.2 Å². The van der Waals surface area contributed by atoms with Gasteiger partial charge < -0.3 is 15.2 Å². The lowest BCUT2D eigenvalue weighted by Gasteiger charge is -2.21. The molecule has 144 valence electrons. The molecule has 7 nitrogen and oxygen atoms in total. The second-order valence-electron chi connectivity index (χ2n) is 6.71. The van der Waals surface area contributed by atoms with Gasteiger partial charge in [-0.3, -0.25) is 4.79 Å². The molecule has 0 saturated heterocycles. The molecule has 2 aromatic rings. The van der Waals surface area contributed by atoms with Crippen LogP contribution in [0.3, 0.4) is 0 Å². The number of para-hydroxylation sites is 1. The molecule has 1 aromatic heterocycles. The van der Waals surface area contributed by atoms with Crippen LogP contribution in [0.1, 0.15) is 12.0 Å². The zero-order valence-electron chi connectivity index (χ0n) is 15.7. The predicted molar refractivity (Wildman–Crippen MR) is 105 cm³/mol. The summed E-state index contributed by atoms with van der Waals surface area (Å²) in [4.78, 5) is 17.4. The summed E-state index contributed by atoms with van der Waals surface area (Å²) in [6.45, 7) is 1.86. The Balaban J connectivity index is 1.83. The maximum absolute atomic E-state index is 12.2. The van der Waals surface area contributed by atoms with E-state index in [9.17, 15) is 13.2 Å². The number of nitrogens with zero attached hydrogens (tertiary/aromatic N) is 2. The summed E-state index contributed by atoms with van der Waals surface area (Å²) in [6, 6.07) is 7.83. The number of carbonyl (C=O) groups is 1. The van der Waals surface area contributed by atoms with Gasteiger partial charge in [0, 0.05) is 36.7 Å². The molecule has 0 saturated carbocycles. The quantitative estimate of drug-likeness (QED) is 0.645. The molecule has 0 atom stereocenters. The molecule has 0 bridgehead atoms. The summed E-state index contributed by atoms with van der Waals surface area (Å²) in [5.74, 6) is -0.114. The smallest absolute Gasteiger partial charge is 0.224 e. The van der Waals surface area contributed by atoms with Gasteiger partial charge in [-0.05, 0) is 38.7 Å². The van der Waals surface area contributed by atoms with Crippen molar-refractivity contribution in [3.8, 4) is 0 Å². The minimum absolute atomic E-state index is 0.114. The number of fused-ring (bicyclic) bond motifs is 1. The Labute approximate surface area is 155 Å². The van der Waals surface area contributed by atoms with Crippen LogP contribution < -0.4 is 5.32 Å². The van der Waals surface area contributed by atoms with Crippen LogP contribution in [-0.2, 0) is 21.2 Å². The summed E-state index contributed by atoms with van der Waals surface area (Å²) in [5.41, 5.74) is 1.93. The van der Waals surface area contributed by atoms with Crippen molar-refractivity contribution in [1.82, 2.24) is 19.5 Å². The lowest BCUT2D eigenvalue weighted by molar-refractivity contribution is -0.120. The van der Waals surface area contributed by atoms with Gasteiger partial charge in [0.15, 0.2) is 0 Å². The molecule has 1 amide bonds. The van der Waals surface area contributed by atoms with Crippen LogP contribution >= 0.6 is 0 Å². The summed E-state index contributed by atoms with van der Waals surface area (Å²) in [6.07, 6.45) is 4.07. The van der Waals surface area contributed by atoms with Gasteiger partial charge in [0.1, 0.15) is 0 Å². The number of aromatic nitrogens is 1. The van der Waals surface area contributed by atoms with E-state index in [1.54, 1.807) is 0 Å². The van der Waals surface area contributed by atoms with Gasteiger partial charge in [-0.15, -0.1) is 0 Å². The molecule has 2 rings (SSSR count). The lowest BCUT2D eigenvalue weighted by Crippen LogP contribution is -2.39.